The Kier molecular flexibility index (Phi) is 12.8. The van der Waals surface area contributed by atoms with Gasteiger partial charge in [0.25, 0.3) is 0 Å². The van der Waals surface area contributed by atoms with Crippen LogP contribution in [0.1, 0.15) is 79.0 Å². The van der Waals surface area contributed by atoms with Crippen molar-refractivity contribution in [2.75, 3.05) is 18.9 Å². The van der Waals surface area contributed by atoms with Crippen LogP contribution in [0.3, 0.4) is 0 Å². The van der Waals surface area contributed by atoms with E-state index in [1.54, 1.807) is 77.1 Å². The summed E-state index contributed by atoms with van der Waals surface area (Å²) >= 11 is 0. The molecule has 2 fully saturated rings. The molecule has 1 saturated carbocycles. The Hall–Kier alpha value is -4.08. The average Bonchev–Trinajstić information content (AvgIpc) is 3.67. The van der Waals surface area contributed by atoms with Crippen LogP contribution in [0.15, 0.2) is 48.8 Å². The van der Waals surface area contributed by atoms with Gasteiger partial charge >= 0.3 is 25.7 Å². The topological polar surface area (TPSA) is 218 Å². The molecule has 1 aromatic carbocycles. The number of hydrogen-bond donors (Lipinski definition) is 3. The van der Waals surface area contributed by atoms with Gasteiger partial charge in [-0.1, -0.05) is 45.9 Å². The fourth-order valence-corrected chi connectivity index (χ4v) is 7.79. The van der Waals surface area contributed by atoms with Crippen LogP contribution in [0.5, 0.6) is 5.75 Å². The number of nitrogens with one attached hydrogen (secondary N) is 1. The molecule has 0 radical (unpaired) electrons. The van der Waals surface area contributed by atoms with E-state index in [1.807, 2.05) is 0 Å². The Morgan fingerprint density at radius 1 is 0.981 bits per heavy atom. The van der Waals surface area contributed by atoms with E-state index in [9.17, 15) is 18.9 Å². The number of benzene rings is 1. The molecule has 290 valence electrons. The number of carbonyl (C=O) groups excluding carboxylic acids is 3. The highest BCUT2D eigenvalue weighted by molar-refractivity contribution is 7.52. The largest absolute Gasteiger partial charge is 0.464 e. The van der Waals surface area contributed by atoms with Gasteiger partial charge in [-0.2, -0.15) is 10.2 Å². The van der Waals surface area contributed by atoms with E-state index in [4.69, 9.17) is 39.5 Å². The Balaban J connectivity index is 1.45. The number of ether oxygens (including phenoxy) is 4. The third kappa shape index (κ3) is 9.73. The van der Waals surface area contributed by atoms with Crippen LogP contribution >= 0.6 is 7.75 Å². The fraction of sp³-hybridized carbons (Fsp3) is 0.583. The number of fused-ring (bicyclic) bond motifs is 1. The molecule has 0 unspecified atom stereocenters. The van der Waals surface area contributed by atoms with E-state index in [2.05, 4.69) is 15.2 Å². The lowest BCUT2D eigenvalue weighted by Crippen LogP contribution is -2.49. The van der Waals surface area contributed by atoms with E-state index in [-0.39, 0.29) is 30.1 Å². The van der Waals surface area contributed by atoms with E-state index >= 15 is 0 Å². The van der Waals surface area contributed by atoms with Crippen molar-refractivity contribution in [3.05, 3.63) is 54.5 Å². The molecule has 17 heteroatoms. The molecule has 0 amide bonds. The molecule has 5 rings (SSSR count). The third-order valence-corrected chi connectivity index (χ3v) is 11.0. The highest BCUT2D eigenvalue weighted by Gasteiger charge is 2.59. The molecule has 1 aliphatic carbocycles. The van der Waals surface area contributed by atoms with Gasteiger partial charge < -0.3 is 34.9 Å². The summed E-state index contributed by atoms with van der Waals surface area (Å²) in [5.41, 5.74) is 11.4. The number of carbonyl (C=O) groups is 3. The summed E-state index contributed by atoms with van der Waals surface area (Å²) in [5.74, 6) is -2.33. The smallest absolute Gasteiger partial charge is 0.459 e. The Morgan fingerprint density at radius 3 is 2.30 bits per heavy atom. The molecule has 2 aliphatic rings. The zero-order chi connectivity index (χ0) is 38.5. The predicted octanol–water partition coefficient (Wildman–Crippen LogP) is 4.52. The standard InChI is InChI=1S/C36H51N6O10P/c1-21(2)33(43)49-30-29(27-16-17-28-32(38)39-20-40-42(27)28)51-36(6,31(30)50-34(44)22(3)4)19-48-53(46,52-26-10-8-7-9-11-26)41-23(5)35(45)47-18-24-12-14-25(37)15-13-24/h7-11,16-17,20-25,29-31H,12-15,18-19,37H2,1-6H3,(H,41,46)(H2,38,39,40)/t23-,24-,25-,29-,30-,31-,36+,53-/m0/s1. The molecule has 6 atom stereocenters. The first-order valence-electron chi connectivity index (χ1n) is 17.9. The van der Waals surface area contributed by atoms with Crippen LogP contribution in [-0.4, -0.2) is 75.6 Å². The monoisotopic (exact) mass is 758 g/mol. The van der Waals surface area contributed by atoms with Crippen molar-refractivity contribution in [3.8, 4) is 5.75 Å². The van der Waals surface area contributed by atoms with Crippen LogP contribution in [0.2, 0.25) is 0 Å². The molecule has 3 heterocycles. The van der Waals surface area contributed by atoms with E-state index in [0.29, 0.717) is 11.2 Å². The number of hydrogen-bond acceptors (Lipinski definition) is 14. The Labute approximate surface area is 309 Å². The molecule has 3 aromatic rings. The van der Waals surface area contributed by atoms with Crippen molar-refractivity contribution in [1.82, 2.24) is 19.7 Å². The SMILES string of the molecule is CC(C)C(=O)O[C@H]1[C@H](c2ccc3c(N)ncnn23)O[C@](C)(CO[P@@](=O)(N[C@@H](C)C(=O)OC[C@H]2CC[C@H](N)CC2)Oc2ccccc2)[C@H]1OC(=O)C(C)C. The number of esters is 3. The van der Waals surface area contributed by atoms with Crippen molar-refractivity contribution >= 4 is 37.0 Å². The van der Waals surface area contributed by atoms with Gasteiger partial charge in [0.1, 0.15) is 35.3 Å². The molecule has 1 aliphatic heterocycles. The van der Waals surface area contributed by atoms with E-state index in [1.165, 1.54) is 17.8 Å². The Bertz CT molecular complexity index is 1780. The zero-order valence-corrected chi connectivity index (χ0v) is 31.9. The number of nitrogens with zero attached hydrogens (tertiary/aromatic N) is 3. The second-order valence-corrected chi connectivity index (χ2v) is 16.3. The predicted molar refractivity (Wildman–Crippen MR) is 193 cm³/mol. The maximum absolute atomic E-state index is 14.6. The summed E-state index contributed by atoms with van der Waals surface area (Å²) < 4.78 is 52.3. The summed E-state index contributed by atoms with van der Waals surface area (Å²) in [5, 5.41) is 7.04. The number of rotatable bonds is 15. The maximum Gasteiger partial charge on any atom is 0.459 e. The molecule has 5 N–H and O–H groups in total. The lowest BCUT2D eigenvalue weighted by Gasteiger charge is -2.33. The molecular weight excluding hydrogens is 707 g/mol. The molecule has 53 heavy (non-hydrogen) atoms. The number of para-hydroxylation sites is 1. The van der Waals surface area contributed by atoms with Gasteiger partial charge in [-0.25, -0.2) is 14.1 Å². The summed E-state index contributed by atoms with van der Waals surface area (Å²) in [7, 11) is -4.42. The molecule has 0 spiro atoms. The molecule has 2 aromatic heterocycles. The summed E-state index contributed by atoms with van der Waals surface area (Å²) in [6.07, 6.45) is 1.14. The number of anilines is 1. The molecule has 1 saturated heterocycles. The zero-order valence-electron chi connectivity index (χ0n) is 31.0. The highest BCUT2D eigenvalue weighted by Crippen LogP contribution is 2.50. The average molecular weight is 759 g/mol. The summed E-state index contributed by atoms with van der Waals surface area (Å²) in [6.45, 7) is 9.43. The first kappa shape index (κ1) is 40.1. The van der Waals surface area contributed by atoms with Crippen molar-refractivity contribution in [3.63, 3.8) is 0 Å². The number of nitrogens with two attached hydrogens (primary N) is 2. The van der Waals surface area contributed by atoms with E-state index < -0.39 is 74.1 Å². The first-order chi connectivity index (χ1) is 25.1. The Morgan fingerprint density at radius 2 is 1.64 bits per heavy atom. The molecule has 0 bridgehead atoms. The minimum absolute atomic E-state index is 0.156. The van der Waals surface area contributed by atoms with Crippen LogP contribution in [0.25, 0.3) is 5.52 Å². The molecule has 16 nitrogen and oxygen atoms in total. The first-order valence-corrected chi connectivity index (χ1v) is 19.5. The van der Waals surface area contributed by atoms with Crippen LogP contribution < -0.4 is 21.1 Å². The number of nitrogen functional groups attached to an aromatic ring is 1. The second kappa shape index (κ2) is 16.9. The van der Waals surface area contributed by atoms with Gasteiger partial charge in [0.2, 0.25) is 0 Å². The fourth-order valence-electron chi connectivity index (χ4n) is 6.20. The van der Waals surface area contributed by atoms with Crippen LogP contribution in [-0.2, 0) is 42.4 Å². The highest BCUT2D eigenvalue weighted by atomic mass is 31.2. The summed E-state index contributed by atoms with van der Waals surface area (Å²) in [4.78, 5) is 43.6. The maximum atomic E-state index is 14.6. The summed E-state index contributed by atoms with van der Waals surface area (Å²) in [6, 6.07) is 10.7. The minimum Gasteiger partial charge on any atom is -0.464 e. The van der Waals surface area contributed by atoms with Crippen LogP contribution in [0.4, 0.5) is 5.82 Å². The van der Waals surface area contributed by atoms with Crippen molar-refractivity contribution in [2.45, 2.75) is 103 Å². The van der Waals surface area contributed by atoms with Crippen molar-refractivity contribution in [1.29, 1.82) is 0 Å². The van der Waals surface area contributed by atoms with Gasteiger partial charge in [0, 0.05) is 6.04 Å². The number of aromatic nitrogens is 3. The third-order valence-electron chi connectivity index (χ3n) is 9.38. The van der Waals surface area contributed by atoms with Crippen molar-refractivity contribution < 1.29 is 46.9 Å². The van der Waals surface area contributed by atoms with Gasteiger partial charge in [-0.05, 0) is 69.7 Å². The van der Waals surface area contributed by atoms with Crippen LogP contribution in [0, 0.1) is 17.8 Å². The normalized spacial score (nSPS) is 26.2. The minimum atomic E-state index is -4.42. The van der Waals surface area contributed by atoms with Gasteiger partial charge in [0.05, 0.1) is 30.7 Å². The van der Waals surface area contributed by atoms with Gasteiger partial charge in [0.15, 0.2) is 18.0 Å². The second-order valence-electron chi connectivity index (χ2n) is 14.6. The van der Waals surface area contributed by atoms with Gasteiger partial charge in [-0.15, -0.1) is 0 Å². The van der Waals surface area contributed by atoms with Gasteiger partial charge in [-0.3, -0.25) is 18.9 Å². The molecular formula is C36H51N6O10P. The quantitative estimate of drug-likeness (QED) is 0.110. The van der Waals surface area contributed by atoms with E-state index in [0.717, 1.165) is 25.7 Å². The lowest BCUT2D eigenvalue weighted by molar-refractivity contribution is -0.175. The van der Waals surface area contributed by atoms with Crippen molar-refractivity contribution in [2.24, 2.45) is 23.5 Å². The lowest BCUT2D eigenvalue weighted by atomic mass is 9.87.